The van der Waals surface area contributed by atoms with Crippen LogP contribution in [0.25, 0.3) is 21.9 Å². The van der Waals surface area contributed by atoms with Gasteiger partial charge in [-0.05, 0) is 24.3 Å². The number of phenolic OH excluding ortho intramolecular Hbond substituents is 1. The minimum atomic E-state index is 0.214. The van der Waals surface area contributed by atoms with Gasteiger partial charge >= 0.3 is 0 Å². The molecule has 0 amide bonds. The maximum absolute atomic E-state index is 10.6. The van der Waals surface area contributed by atoms with Crippen molar-refractivity contribution in [1.29, 1.82) is 0 Å². The first-order chi connectivity index (χ1) is 7.28. The molecule has 3 aromatic rings. The van der Waals surface area contributed by atoms with Crippen LogP contribution >= 0.6 is 0 Å². The number of hydrogen-bond donors (Lipinski definition) is 3. The fourth-order valence-corrected chi connectivity index (χ4v) is 1.84. The van der Waals surface area contributed by atoms with Crippen LogP contribution in [0, 0.1) is 0 Å². The van der Waals surface area contributed by atoms with Crippen molar-refractivity contribution in [2.75, 3.05) is 0 Å². The highest BCUT2D eigenvalue weighted by atomic mass is 16.3. The Kier molecular flexibility index (Phi) is 1.42. The lowest BCUT2D eigenvalue weighted by atomic mass is 10.2. The number of benzene rings is 1. The number of aromatic nitrogens is 2. The summed E-state index contributed by atoms with van der Waals surface area (Å²) in [5.74, 6) is 0.214. The van der Waals surface area contributed by atoms with Gasteiger partial charge in [-0.15, -0.1) is 0 Å². The summed E-state index contributed by atoms with van der Waals surface area (Å²) in [6.07, 6.45) is 0.766. The summed E-state index contributed by atoms with van der Waals surface area (Å²) in [4.78, 5) is 16.7. The van der Waals surface area contributed by atoms with Gasteiger partial charge in [-0.3, -0.25) is 4.79 Å². The minimum Gasteiger partial charge on any atom is -0.508 e. The van der Waals surface area contributed by atoms with Crippen molar-refractivity contribution in [3.8, 4) is 5.75 Å². The number of aldehydes is 1. The van der Waals surface area contributed by atoms with Crippen LogP contribution in [0.5, 0.6) is 5.75 Å². The van der Waals surface area contributed by atoms with E-state index in [1.807, 2.05) is 0 Å². The van der Waals surface area contributed by atoms with Gasteiger partial charge in [0.25, 0.3) is 0 Å². The molecule has 0 spiro atoms. The molecule has 2 aromatic heterocycles. The summed E-state index contributed by atoms with van der Waals surface area (Å²) in [6, 6.07) is 6.84. The normalized spacial score (nSPS) is 11.2. The third kappa shape index (κ3) is 1.05. The number of aromatic amines is 2. The molecule has 0 radical (unpaired) electrons. The Morgan fingerprint density at radius 2 is 2.00 bits per heavy atom. The lowest BCUT2D eigenvalue weighted by Gasteiger charge is -1.91. The molecule has 0 saturated heterocycles. The second-order valence-electron chi connectivity index (χ2n) is 3.49. The molecule has 0 fully saturated rings. The van der Waals surface area contributed by atoms with Crippen LogP contribution in [0.3, 0.4) is 0 Å². The molecular formula is C11H8N2O2. The molecule has 15 heavy (non-hydrogen) atoms. The summed E-state index contributed by atoms with van der Waals surface area (Å²) in [6.45, 7) is 0. The first kappa shape index (κ1) is 8.11. The highest BCUT2D eigenvalue weighted by Crippen LogP contribution is 2.27. The number of carbonyl (C=O) groups excluding carboxylic acids is 1. The van der Waals surface area contributed by atoms with Crippen molar-refractivity contribution < 1.29 is 9.90 Å². The van der Waals surface area contributed by atoms with Gasteiger partial charge in [0.05, 0.1) is 16.7 Å². The number of fused-ring (bicyclic) bond motifs is 3. The van der Waals surface area contributed by atoms with E-state index in [0.29, 0.717) is 5.69 Å². The molecular weight excluding hydrogens is 192 g/mol. The molecule has 3 N–H and O–H groups in total. The van der Waals surface area contributed by atoms with Crippen LogP contribution in [0.4, 0.5) is 0 Å². The van der Waals surface area contributed by atoms with Crippen molar-refractivity contribution in [1.82, 2.24) is 9.97 Å². The summed E-state index contributed by atoms with van der Waals surface area (Å²) in [5, 5.41) is 10.3. The molecule has 3 rings (SSSR count). The van der Waals surface area contributed by atoms with Crippen LogP contribution < -0.4 is 0 Å². The van der Waals surface area contributed by atoms with Gasteiger partial charge in [0.2, 0.25) is 0 Å². The Morgan fingerprint density at radius 1 is 1.13 bits per heavy atom. The quantitative estimate of drug-likeness (QED) is 0.527. The number of carbonyl (C=O) groups is 1. The number of H-pyrrole nitrogens is 2. The first-order valence-corrected chi connectivity index (χ1v) is 4.56. The second kappa shape index (κ2) is 2.63. The number of nitrogens with one attached hydrogen (secondary N) is 2. The molecule has 0 atom stereocenters. The summed E-state index contributed by atoms with van der Waals surface area (Å²) < 4.78 is 0. The first-order valence-electron chi connectivity index (χ1n) is 4.56. The van der Waals surface area contributed by atoms with E-state index in [9.17, 15) is 9.90 Å². The van der Waals surface area contributed by atoms with Gasteiger partial charge in [-0.1, -0.05) is 0 Å². The largest absolute Gasteiger partial charge is 0.508 e. The van der Waals surface area contributed by atoms with Gasteiger partial charge in [0, 0.05) is 10.9 Å². The van der Waals surface area contributed by atoms with Gasteiger partial charge in [-0.25, -0.2) is 0 Å². The van der Waals surface area contributed by atoms with E-state index in [0.717, 1.165) is 28.2 Å². The van der Waals surface area contributed by atoms with E-state index >= 15 is 0 Å². The zero-order valence-electron chi connectivity index (χ0n) is 7.74. The summed E-state index contributed by atoms with van der Waals surface area (Å²) in [5.41, 5.74) is 3.19. The molecule has 0 saturated carbocycles. The van der Waals surface area contributed by atoms with Crippen molar-refractivity contribution in [2.45, 2.75) is 0 Å². The van der Waals surface area contributed by atoms with E-state index in [1.54, 1.807) is 24.3 Å². The number of aromatic hydroxyl groups is 1. The molecule has 0 unspecified atom stereocenters. The molecule has 74 valence electrons. The van der Waals surface area contributed by atoms with Gasteiger partial charge in [-0.2, -0.15) is 0 Å². The standard InChI is InChI=1S/C11H8N2O2/c14-5-6-3-10-11(12-6)8-4-7(15)1-2-9(8)13-10/h1-5,12-13,15H. The molecule has 2 heterocycles. The number of hydrogen-bond acceptors (Lipinski definition) is 2. The van der Waals surface area contributed by atoms with Crippen LogP contribution in [0.1, 0.15) is 10.5 Å². The Morgan fingerprint density at radius 3 is 2.80 bits per heavy atom. The topological polar surface area (TPSA) is 68.9 Å². The van der Waals surface area contributed by atoms with Crippen molar-refractivity contribution in [2.24, 2.45) is 0 Å². The predicted octanol–water partition coefficient (Wildman–Crippen LogP) is 2.17. The van der Waals surface area contributed by atoms with E-state index in [1.165, 1.54) is 0 Å². The molecule has 0 aliphatic carbocycles. The SMILES string of the molecule is O=Cc1cc2[nH]c3ccc(O)cc3c2[nH]1. The Bertz CT molecular complexity index is 664. The summed E-state index contributed by atoms with van der Waals surface area (Å²) in [7, 11) is 0. The molecule has 4 nitrogen and oxygen atoms in total. The molecule has 0 bridgehead atoms. The van der Waals surface area contributed by atoms with E-state index < -0.39 is 0 Å². The van der Waals surface area contributed by atoms with Crippen molar-refractivity contribution >= 4 is 28.2 Å². The smallest absolute Gasteiger partial charge is 0.166 e. The number of rotatable bonds is 1. The van der Waals surface area contributed by atoms with Crippen LogP contribution in [0.2, 0.25) is 0 Å². The van der Waals surface area contributed by atoms with Crippen molar-refractivity contribution in [3.63, 3.8) is 0 Å². The van der Waals surface area contributed by atoms with E-state index in [-0.39, 0.29) is 5.75 Å². The van der Waals surface area contributed by atoms with Gasteiger partial charge in [0.15, 0.2) is 6.29 Å². The monoisotopic (exact) mass is 200 g/mol. The Hall–Kier alpha value is -2.23. The molecule has 1 aromatic carbocycles. The average molecular weight is 200 g/mol. The lowest BCUT2D eigenvalue weighted by Crippen LogP contribution is -1.76. The third-order valence-corrected chi connectivity index (χ3v) is 2.51. The maximum Gasteiger partial charge on any atom is 0.166 e. The fourth-order valence-electron chi connectivity index (χ4n) is 1.84. The van der Waals surface area contributed by atoms with Crippen LogP contribution in [0.15, 0.2) is 24.3 Å². The second-order valence-corrected chi connectivity index (χ2v) is 3.49. The zero-order chi connectivity index (χ0) is 10.4. The predicted molar refractivity (Wildman–Crippen MR) is 57.2 cm³/mol. The minimum absolute atomic E-state index is 0.214. The van der Waals surface area contributed by atoms with E-state index in [4.69, 9.17) is 0 Å². The molecule has 0 aliphatic rings. The van der Waals surface area contributed by atoms with Gasteiger partial charge < -0.3 is 15.1 Å². The van der Waals surface area contributed by atoms with Crippen molar-refractivity contribution in [3.05, 3.63) is 30.0 Å². The Balaban J connectivity index is 2.47. The molecule has 0 aliphatic heterocycles. The highest BCUT2D eigenvalue weighted by Gasteiger charge is 2.07. The average Bonchev–Trinajstić information content (AvgIpc) is 2.75. The fraction of sp³-hybridized carbons (Fsp3) is 0. The van der Waals surface area contributed by atoms with Gasteiger partial charge in [0.1, 0.15) is 5.75 Å². The van der Waals surface area contributed by atoms with E-state index in [2.05, 4.69) is 9.97 Å². The summed E-state index contributed by atoms with van der Waals surface area (Å²) >= 11 is 0. The van der Waals surface area contributed by atoms with Crippen LogP contribution in [-0.4, -0.2) is 21.4 Å². The highest BCUT2D eigenvalue weighted by molar-refractivity contribution is 6.07. The Labute approximate surface area is 84.5 Å². The zero-order valence-corrected chi connectivity index (χ0v) is 7.74. The number of phenols is 1. The lowest BCUT2D eigenvalue weighted by molar-refractivity contribution is 0.112. The maximum atomic E-state index is 10.6. The van der Waals surface area contributed by atoms with Crippen LogP contribution in [-0.2, 0) is 0 Å². The third-order valence-electron chi connectivity index (χ3n) is 2.51. The molecule has 4 heteroatoms.